The molecule has 0 bridgehead atoms. The molecule has 24 heavy (non-hydrogen) atoms. The normalized spacial score (nSPS) is 16.7. The Kier molecular flexibility index (Phi) is 5.11. The van der Waals surface area contributed by atoms with Crippen molar-refractivity contribution in [1.82, 2.24) is 14.9 Å². The molecule has 1 amide bonds. The number of aromatic nitrogens is 2. The maximum absolute atomic E-state index is 12.3. The van der Waals surface area contributed by atoms with Crippen molar-refractivity contribution in [2.24, 2.45) is 0 Å². The number of ether oxygens (including phenoxy) is 1. The summed E-state index contributed by atoms with van der Waals surface area (Å²) in [4.78, 5) is 28.4. The van der Waals surface area contributed by atoms with Gasteiger partial charge in [0, 0.05) is 30.3 Å². The smallest absolute Gasteiger partial charge is 0.251 e. The number of fused-ring (bicyclic) bond motifs is 1. The third-order valence-electron chi connectivity index (χ3n) is 4.21. The van der Waals surface area contributed by atoms with Crippen LogP contribution in [-0.4, -0.2) is 35.2 Å². The number of rotatable bonds is 5. The first-order valence-corrected chi connectivity index (χ1v) is 8.85. The first kappa shape index (κ1) is 16.9. The number of carbonyl (C=O) groups is 1. The summed E-state index contributed by atoms with van der Waals surface area (Å²) in [6.07, 6.45) is 2.33. The zero-order valence-corrected chi connectivity index (χ0v) is 14.7. The molecule has 0 radical (unpaired) electrons. The van der Waals surface area contributed by atoms with Crippen LogP contribution < -0.4 is 10.9 Å². The Hall–Kier alpha value is -1.99. The molecule has 2 aromatic heterocycles. The van der Waals surface area contributed by atoms with E-state index in [4.69, 9.17) is 4.74 Å². The summed E-state index contributed by atoms with van der Waals surface area (Å²) >= 11 is 1.59. The molecule has 0 unspecified atom stereocenters. The molecule has 0 saturated heterocycles. The minimum atomic E-state index is -0.0998. The lowest BCUT2D eigenvalue weighted by Crippen LogP contribution is -2.42. The van der Waals surface area contributed by atoms with E-state index >= 15 is 0 Å². The summed E-state index contributed by atoms with van der Waals surface area (Å²) in [5.74, 6) is -0.0998. The van der Waals surface area contributed by atoms with Crippen molar-refractivity contribution in [2.75, 3.05) is 13.7 Å². The molecule has 128 valence electrons. The summed E-state index contributed by atoms with van der Waals surface area (Å²) in [5, 5.41) is 5.99. The van der Waals surface area contributed by atoms with Crippen LogP contribution in [0, 0.1) is 6.92 Å². The Bertz CT molecular complexity index is 797. The predicted molar refractivity (Wildman–Crippen MR) is 92.5 cm³/mol. The molecule has 0 fully saturated rings. The van der Waals surface area contributed by atoms with Crippen molar-refractivity contribution in [3.63, 3.8) is 0 Å². The molecule has 1 atom stereocenters. The Morgan fingerprint density at radius 2 is 2.33 bits per heavy atom. The van der Waals surface area contributed by atoms with Crippen LogP contribution in [0.4, 0.5) is 0 Å². The van der Waals surface area contributed by atoms with Gasteiger partial charge in [0.2, 0.25) is 5.91 Å². The van der Waals surface area contributed by atoms with Gasteiger partial charge in [-0.3, -0.25) is 9.59 Å². The van der Waals surface area contributed by atoms with Crippen molar-refractivity contribution >= 4 is 17.2 Å². The second-order valence-electron chi connectivity index (χ2n) is 6.03. The molecule has 0 aliphatic heterocycles. The standard InChI is InChI=1S/C17H21N3O3S/c1-11-18-14(10-24-11)8-20-15-5-4-13(19-16(21)9-23-2)7-12(15)3-6-17(20)22/h3,6,10,13H,4-5,7-9H2,1-2H3,(H,19,21)/t13-/m0/s1. The van der Waals surface area contributed by atoms with Crippen LogP contribution in [-0.2, 0) is 28.9 Å². The van der Waals surface area contributed by atoms with Gasteiger partial charge in [-0.15, -0.1) is 11.3 Å². The van der Waals surface area contributed by atoms with E-state index in [1.54, 1.807) is 17.4 Å². The van der Waals surface area contributed by atoms with Gasteiger partial charge in [0.1, 0.15) is 6.61 Å². The van der Waals surface area contributed by atoms with Gasteiger partial charge in [0.25, 0.3) is 5.56 Å². The van der Waals surface area contributed by atoms with Crippen LogP contribution in [0.5, 0.6) is 0 Å². The summed E-state index contributed by atoms with van der Waals surface area (Å²) in [6.45, 7) is 2.55. The highest BCUT2D eigenvalue weighted by Gasteiger charge is 2.23. The predicted octanol–water partition coefficient (Wildman–Crippen LogP) is 1.28. The Morgan fingerprint density at radius 3 is 3.04 bits per heavy atom. The summed E-state index contributed by atoms with van der Waals surface area (Å²) in [7, 11) is 1.51. The van der Waals surface area contributed by atoms with E-state index in [1.807, 2.05) is 22.9 Å². The zero-order chi connectivity index (χ0) is 17.1. The summed E-state index contributed by atoms with van der Waals surface area (Å²) in [6, 6.07) is 3.58. The van der Waals surface area contributed by atoms with Crippen molar-refractivity contribution in [3.8, 4) is 0 Å². The van der Waals surface area contributed by atoms with Crippen LogP contribution >= 0.6 is 11.3 Å². The van der Waals surface area contributed by atoms with Gasteiger partial charge in [0.15, 0.2) is 0 Å². The van der Waals surface area contributed by atoms with Gasteiger partial charge in [-0.1, -0.05) is 6.07 Å². The van der Waals surface area contributed by atoms with E-state index in [2.05, 4.69) is 10.3 Å². The maximum atomic E-state index is 12.3. The van der Waals surface area contributed by atoms with Crippen LogP contribution in [0.15, 0.2) is 22.3 Å². The molecular formula is C17H21N3O3S. The van der Waals surface area contributed by atoms with Gasteiger partial charge in [-0.2, -0.15) is 0 Å². The molecule has 1 aliphatic rings. The number of amides is 1. The lowest BCUT2D eigenvalue weighted by molar-refractivity contribution is -0.125. The first-order valence-electron chi connectivity index (χ1n) is 7.97. The van der Waals surface area contributed by atoms with Crippen LogP contribution in [0.1, 0.15) is 28.4 Å². The van der Waals surface area contributed by atoms with Crippen LogP contribution in [0.25, 0.3) is 0 Å². The Morgan fingerprint density at radius 1 is 1.50 bits per heavy atom. The van der Waals surface area contributed by atoms with Gasteiger partial charge in [0.05, 0.1) is 17.2 Å². The van der Waals surface area contributed by atoms with Crippen LogP contribution in [0.2, 0.25) is 0 Å². The molecule has 2 heterocycles. The highest BCUT2D eigenvalue weighted by Crippen LogP contribution is 2.21. The van der Waals surface area contributed by atoms with E-state index in [0.29, 0.717) is 6.54 Å². The fraction of sp³-hybridized carbons (Fsp3) is 0.471. The van der Waals surface area contributed by atoms with Gasteiger partial charge < -0.3 is 14.6 Å². The molecule has 6 nitrogen and oxygen atoms in total. The molecule has 2 aromatic rings. The first-order chi connectivity index (χ1) is 11.6. The van der Waals surface area contributed by atoms with Crippen molar-refractivity contribution in [3.05, 3.63) is 49.8 Å². The third-order valence-corrected chi connectivity index (χ3v) is 5.04. The number of hydrogen-bond acceptors (Lipinski definition) is 5. The zero-order valence-electron chi connectivity index (χ0n) is 13.9. The lowest BCUT2D eigenvalue weighted by atomic mass is 9.91. The fourth-order valence-electron chi connectivity index (χ4n) is 3.16. The topological polar surface area (TPSA) is 73.2 Å². The van der Waals surface area contributed by atoms with Gasteiger partial charge in [-0.25, -0.2) is 4.98 Å². The maximum Gasteiger partial charge on any atom is 0.251 e. The third kappa shape index (κ3) is 3.73. The van der Waals surface area contributed by atoms with E-state index in [-0.39, 0.29) is 24.1 Å². The minimum absolute atomic E-state index is 0.00118. The molecule has 7 heteroatoms. The molecule has 0 aromatic carbocycles. The quantitative estimate of drug-likeness (QED) is 0.884. The second-order valence-corrected chi connectivity index (χ2v) is 7.09. The summed E-state index contributed by atoms with van der Waals surface area (Å²) in [5.41, 5.74) is 3.10. The number of hydrogen-bond donors (Lipinski definition) is 1. The number of carbonyl (C=O) groups excluding carboxylic acids is 1. The molecule has 1 aliphatic carbocycles. The Labute approximate surface area is 144 Å². The van der Waals surface area contributed by atoms with E-state index in [0.717, 1.165) is 41.2 Å². The van der Waals surface area contributed by atoms with Gasteiger partial charge >= 0.3 is 0 Å². The summed E-state index contributed by atoms with van der Waals surface area (Å²) < 4.78 is 6.67. The average molecular weight is 347 g/mol. The number of thiazole rings is 1. The Balaban J connectivity index is 1.79. The van der Waals surface area contributed by atoms with Gasteiger partial charge in [-0.05, 0) is 31.7 Å². The number of pyridine rings is 1. The monoisotopic (exact) mass is 347 g/mol. The molecular weight excluding hydrogens is 326 g/mol. The fourth-order valence-corrected chi connectivity index (χ4v) is 3.77. The van der Waals surface area contributed by atoms with E-state index in [9.17, 15) is 9.59 Å². The molecule has 1 N–H and O–H groups in total. The van der Waals surface area contributed by atoms with Crippen molar-refractivity contribution in [2.45, 2.75) is 38.8 Å². The molecule has 0 saturated carbocycles. The largest absolute Gasteiger partial charge is 0.375 e. The van der Waals surface area contributed by atoms with E-state index < -0.39 is 0 Å². The second kappa shape index (κ2) is 7.27. The van der Waals surface area contributed by atoms with Crippen molar-refractivity contribution in [1.29, 1.82) is 0 Å². The highest BCUT2D eigenvalue weighted by atomic mass is 32.1. The average Bonchev–Trinajstić information content (AvgIpc) is 2.95. The number of nitrogens with one attached hydrogen (secondary N) is 1. The minimum Gasteiger partial charge on any atom is -0.375 e. The lowest BCUT2D eigenvalue weighted by Gasteiger charge is -2.27. The van der Waals surface area contributed by atoms with E-state index in [1.165, 1.54) is 7.11 Å². The highest BCUT2D eigenvalue weighted by molar-refractivity contribution is 7.09. The van der Waals surface area contributed by atoms with Crippen LogP contribution in [0.3, 0.4) is 0 Å². The number of nitrogens with zero attached hydrogens (tertiary/aromatic N) is 2. The van der Waals surface area contributed by atoms with Crippen molar-refractivity contribution < 1.29 is 9.53 Å². The number of methoxy groups -OCH3 is 1. The molecule has 3 rings (SSSR count). The molecule has 0 spiro atoms. The number of aryl methyl sites for hydroxylation is 1. The SMILES string of the molecule is COCC(=O)N[C@H]1CCc2c(ccc(=O)n2Cc2csc(C)n2)C1.